The second-order valence-electron chi connectivity index (χ2n) is 4.42. The highest BCUT2D eigenvalue weighted by Crippen LogP contribution is 2.25. The van der Waals surface area contributed by atoms with Gasteiger partial charge in [-0.05, 0) is 24.5 Å². The highest BCUT2D eigenvalue weighted by molar-refractivity contribution is 5.06. The zero-order valence-corrected chi connectivity index (χ0v) is 10.4. The molecule has 1 aromatic heterocycles. The molecule has 16 heavy (non-hydrogen) atoms. The third-order valence-corrected chi connectivity index (χ3v) is 3.13. The Morgan fingerprint density at radius 2 is 2.12 bits per heavy atom. The van der Waals surface area contributed by atoms with Gasteiger partial charge in [0.25, 0.3) is 0 Å². The lowest BCUT2D eigenvalue weighted by atomic mass is 9.92. The number of aromatic nitrogens is 1. The molecule has 0 aliphatic rings. The molecule has 1 N–H and O–H groups in total. The average molecular weight is 221 g/mol. The quantitative estimate of drug-likeness (QED) is 0.761. The first-order valence-corrected chi connectivity index (χ1v) is 6.36. The standard InChI is InChI=1S/C14H23NO/c1-3-5-8-12(4-2)11-14(16)13-9-6-7-10-15-13/h6-7,9-10,12,14,16H,3-5,8,11H2,1-2H3. The normalized spacial score (nSPS) is 14.7. The van der Waals surface area contributed by atoms with E-state index in [1.165, 1.54) is 19.3 Å². The van der Waals surface area contributed by atoms with Gasteiger partial charge in [0, 0.05) is 6.20 Å². The van der Waals surface area contributed by atoms with Crippen LogP contribution in [0.2, 0.25) is 0 Å². The van der Waals surface area contributed by atoms with Crippen LogP contribution in [-0.2, 0) is 0 Å². The number of rotatable bonds is 7. The SMILES string of the molecule is CCCCC(CC)CC(O)c1ccccn1. The van der Waals surface area contributed by atoms with Crippen molar-refractivity contribution in [2.75, 3.05) is 0 Å². The summed E-state index contributed by atoms with van der Waals surface area (Å²) in [5.41, 5.74) is 0.803. The fraction of sp³-hybridized carbons (Fsp3) is 0.643. The van der Waals surface area contributed by atoms with Crippen molar-refractivity contribution in [3.8, 4) is 0 Å². The van der Waals surface area contributed by atoms with E-state index in [4.69, 9.17) is 0 Å². The van der Waals surface area contributed by atoms with E-state index in [0.29, 0.717) is 5.92 Å². The predicted molar refractivity (Wildman–Crippen MR) is 67.1 cm³/mol. The van der Waals surface area contributed by atoms with Crippen molar-refractivity contribution in [2.45, 2.75) is 52.1 Å². The lowest BCUT2D eigenvalue weighted by Crippen LogP contribution is -2.08. The fourth-order valence-electron chi connectivity index (χ4n) is 1.99. The maximum Gasteiger partial charge on any atom is 0.0962 e. The molecule has 90 valence electrons. The molecule has 0 saturated carbocycles. The van der Waals surface area contributed by atoms with Crippen molar-refractivity contribution < 1.29 is 5.11 Å². The van der Waals surface area contributed by atoms with Crippen molar-refractivity contribution in [1.82, 2.24) is 4.98 Å². The number of hydrogen-bond acceptors (Lipinski definition) is 2. The molecule has 1 heterocycles. The van der Waals surface area contributed by atoms with Crippen LogP contribution in [0.1, 0.15) is 57.7 Å². The summed E-state index contributed by atoms with van der Waals surface area (Å²) in [5, 5.41) is 10.1. The van der Waals surface area contributed by atoms with Crippen LogP contribution in [0, 0.1) is 5.92 Å². The molecule has 0 radical (unpaired) electrons. The van der Waals surface area contributed by atoms with E-state index in [1.54, 1.807) is 6.20 Å². The number of nitrogens with zero attached hydrogens (tertiary/aromatic N) is 1. The van der Waals surface area contributed by atoms with Gasteiger partial charge in [-0.15, -0.1) is 0 Å². The Bertz CT molecular complexity index is 273. The molecule has 2 unspecified atom stereocenters. The van der Waals surface area contributed by atoms with Crippen LogP contribution in [0.5, 0.6) is 0 Å². The maximum atomic E-state index is 10.1. The van der Waals surface area contributed by atoms with E-state index in [2.05, 4.69) is 18.8 Å². The molecule has 0 spiro atoms. The topological polar surface area (TPSA) is 33.1 Å². The fourth-order valence-corrected chi connectivity index (χ4v) is 1.99. The second kappa shape index (κ2) is 7.39. The van der Waals surface area contributed by atoms with Gasteiger partial charge < -0.3 is 5.11 Å². The van der Waals surface area contributed by atoms with Crippen LogP contribution in [0.3, 0.4) is 0 Å². The van der Waals surface area contributed by atoms with Crippen LogP contribution < -0.4 is 0 Å². The number of aliphatic hydroxyl groups excluding tert-OH is 1. The van der Waals surface area contributed by atoms with Gasteiger partial charge >= 0.3 is 0 Å². The molecule has 0 bridgehead atoms. The van der Waals surface area contributed by atoms with Crippen LogP contribution in [0.15, 0.2) is 24.4 Å². The molecule has 0 aliphatic carbocycles. The highest BCUT2D eigenvalue weighted by atomic mass is 16.3. The summed E-state index contributed by atoms with van der Waals surface area (Å²) >= 11 is 0. The zero-order valence-electron chi connectivity index (χ0n) is 10.4. The first-order chi connectivity index (χ1) is 7.77. The summed E-state index contributed by atoms with van der Waals surface area (Å²) in [4.78, 5) is 4.20. The molecule has 0 aliphatic heterocycles. The van der Waals surface area contributed by atoms with E-state index < -0.39 is 6.10 Å². The average Bonchev–Trinajstić information content (AvgIpc) is 2.35. The lowest BCUT2D eigenvalue weighted by Gasteiger charge is -2.18. The Morgan fingerprint density at radius 3 is 2.69 bits per heavy atom. The van der Waals surface area contributed by atoms with Crippen LogP contribution in [0.4, 0.5) is 0 Å². The van der Waals surface area contributed by atoms with Crippen LogP contribution in [0.25, 0.3) is 0 Å². The Kier molecular flexibility index (Phi) is 6.09. The summed E-state index contributed by atoms with van der Waals surface area (Å²) in [6.07, 6.45) is 7.03. The first-order valence-electron chi connectivity index (χ1n) is 6.36. The van der Waals surface area contributed by atoms with Crippen LogP contribution >= 0.6 is 0 Å². The van der Waals surface area contributed by atoms with E-state index in [0.717, 1.165) is 18.5 Å². The Labute approximate surface area is 98.7 Å². The molecule has 0 saturated heterocycles. The van der Waals surface area contributed by atoms with Crippen molar-refractivity contribution in [3.63, 3.8) is 0 Å². The summed E-state index contributed by atoms with van der Waals surface area (Å²) in [5.74, 6) is 0.622. The number of pyridine rings is 1. The maximum absolute atomic E-state index is 10.1. The van der Waals surface area contributed by atoms with E-state index >= 15 is 0 Å². The summed E-state index contributed by atoms with van der Waals surface area (Å²) in [6, 6.07) is 5.71. The summed E-state index contributed by atoms with van der Waals surface area (Å²) in [7, 11) is 0. The first kappa shape index (κ1) is 13.2. The molecule has 2 atom stereocenters. The summed E-state index contributed by atoms with van der Waals surface area (Å²) in [6.45, 7) is 4.41. The molecule has 2 nitrogen and oxygen atoms in total. The van der Waals surface area contributed by atoms with Crippen molar-refractivity contribution in [1.29, 1.82) is 0 Å². The summed E-state index contributed by atoms with van der Waals surface area (Å²) < 4.78 is 0. The zero-order chi connectivity index (χ0) is 11.8. The third-order valence-electron chi connectivity index (χ3n) is 3.13. The minimum Gasteiger partial charge on any atom is -0.387 e. The molecule has 0 aromatic carbocycles. The second-order valence-corrected chi connectivity index (χ2v) is 4.42. The van der Waals surface area contributed by atoms with Crippen molar-refractivity contribution in [3.05, 3.63) is 30.1 Å². The van der Waals surface area contributed by atoms with Crippen molar-refractivity contribution in [2.24, 2.45) is 5.92 Å². The lowest BCUT2D eigenvalue weighted by molar-refractivity contribution is 0.135. The van der Waals surface area contributed by atoms with E-state index in [1.807, 2.05) is 18.2 Å². The van der Waals surface area contributed by atoms with Gasteiger partial charge in [-0.3, -0.25) is 4.98 Å². The Balaban J connectivity index is 2.45. The Morgan fingerprint density at radius 1 is 1.31 bits per heavy atom. The van der Waals surface area contributed by atoms with Gasteiger partial charge in [0.1, 0.15) is 0 Å². The molecule has 0 fully saturated rings. The monoisotopic (exact) mass is 221 g/mol. The molecule has 1 aromatic rings. The van der Waals surface area contributed by atoms with Gasteiger partial charge in [0.05, 0.1) is 11.8 Å². The van der Waals surface area contributed by atoms with Gasteiger partial charge in [-0.2, -0.15) is 0 Å². The molecular formula is C14H23NO. The smallest absolute Gasteiger partial charge is 0.0962 e. The van der Waals surface area contributed by atoms with Gasteiger partial charge in [-0.25, -0.2) is 0 Å². The molecule has 1 rings (SSSR count). The number of hydrogen-bond donors (Lipinski definition) is 1. The third kappa shape index (κ3) is 4.31. The predicted octanol–water partition coefficient (Wildman–Crippen LogP) is 3.72. The number of unbranched alkanes of at least 4 members (excludes halogenated alkanes) is 1. The van der Waals surface area contributed by atoms with E-state index in [-0.39, 0.29) is 0 Å². The molecule has 0 amide bonds. The Hall–Kier alpha value is -0.890. The van der Waals surface area contributed by atoms with E-state index in [9.17, 15) is 5.11 Å². The van der Waals surface area contributed by atoms with Gasteiger partial charge in [0.2, 0.25) is 0 Å². The minimum absolute atomic E-state index is 0.400. The number of aliphatic hydroxyl groups is 1. The molecular weight excluding hydrogens is 198 g/mol. The van der Waals surface area contributed by atoms with Gasteiger partial charge in [0.15, 0.2) is 0 Å². The van der Waals surface area contributed by atoms with Gasteiger partial charge in [-0.1, -0.05) is 45.6 Å². The van der Waals surface area contributed by atoms with Crippen LogP contribution in [-0.4, -0.2) is 10.1 Å². The largest absolute Gasteiger partial charge is 0.387 e. The minimum atomic E-state index is -0.400. The molecule has 2 heteroatoms. The highest BCUT2D eigenvalue weighted by Gasteiger charge is 2.14. The van der Waals surface area contributed by atoms with Crippen molar-refractivity contribution >= 4 is 0 Å².